The fraction of sp³-hybridized carbons (Fsp3) is 0.118. The number of halogens is 4. The number of rotatable bonds is 6. The van der Waals surface area contributed by atoms with Gasteiger partial charge in [0.25, 0.3) is 5.76 Å². The average molecular weight is 396 g/mol. The number of hydrogen-bond acceptors (Lipinski definition) is 5. The minimum Gasteiger partial charge on any atom is -0.497 e. The number of ether oxygens (including phenoxy) is 1. The molecule has 10 heteroatoms. The zero-order valence-electron chi connectivity index (χ0n) is 13.8. The van der Waals surface area contributed by atoms with Crippen molar-refractivity contribution in [3.8, 4) is 17.1 Å². The molecular formula is C17H12F4N4OS. The van der Waals surface area contributed by atoms with Crippen LogP contribution in [0.5, 0.6) is 5.75 Å². The fourth-order valence-electron chi connectivity index (χ4n) is 2.17. The van der Waals surface area contributed by atoms with Crippen LogP contribution < -0.4 is 4.74 Å². The Morgan fingerprint density at radius 3 is 2.48 bits per heavy atom. The standard InChI is InChI=1S/C17H12F4N4OS/c1-26-13-6-3-10(4-7-13)15-23-24-17(27-16(20)21)25(15)22-9-11-2-5-12(18)8-14(11)19/h2-9,16H,1H3/b22-9-. The molecule has 0 aliphatic carbocycles. The monoisotopic (exact) mass is 396 g/mol. The largest absolute Gasteiger partial charge is 0.497 e. The van der Waals surface area contributed by atoms with E-state index < -0.39 is 17.4 Å². The van der Waals surface area contributed by atoms with Gasteiger partial charge in [-0.05, 0) is 48.2 Å². The molecule has 27 heavy (non-hydrogen) atoms. The SMILES string of the molecule is COc1ccc(-c2nnc(SC(F)F)n2/N=C\c2ccc(F)cc2F)cc1. The van der Waals surface area contributed by atoms with E-state index in [4.69, 9.17) is 4.74 Å². The molecule has 5 nitrogen and oxygen atoms in total. The van der Waals surface area contributed by atoms with Crippen molar-refractivity contribution >= 4 is 18.0 Å². The van der Waals surface area contributed by atoms with Crippen LogP contribution in [0.3, 0.4) is 0 Å². The van der Waals surface area contributed by atoms with Crippen LogP contribution >= 0.6 is 11.8 Å². The number of aromatic nitrogens is 3. The highest BCUT2D eigenvalue weighted by Crippen LogP contribution is 2.28. The quantitative estimate of drug-likeness (QED) is 0.351. The highest BCUT2D eigenvalue weighted by Gasteiger charge is 2.18. The second-order valence-electron chi connectivity index (χ2n) is 5.14. The van der Waals surface area contributed by atoms with Crippen LogP contribution in [-0.4, -0.2) is 34.0 Å². The Morgan fingerprint density at radius 1 is 1.11 bits per heavy atom. The Bertz CT molecular complexity index is 960. The van der Waals surface area contributed by atoms with Crippen molar-refractivity contribution < 1.29 is 22.3 Å². The topological polar surface area (TPSA) is 52.3 Å². The summed E-state index contributed by atoms with van der Waals surface area (Å²) < 4.78 is 58.5. The second-order valence-corrected chi connectivity index (χ2v) is 6.09. The lowest BCUT2D eigenvalue weighted by Gasteiger charge is -2.05. The van der Waals surface area contributed by atoms with E-state index in [2.05, 4.69) is 15.3 Å². The van der Waals surface area contributed by atoms with Crippen LogP contribution in [-0.2, 0) is 0 Å². The molecule has 3 aromatic rings. The van der Waals surface area contributed by atoms with Gasteiger partial charge in [0, 0.05) is 17.2 Å². The van der Waals surface area contributed by atoms with Crippen molar-refractivity contribution in [1.82, 2.24) is 14.9 Å². The van der Waals surface area contributed by atoms with Crippen LogP contribution in [0.15, 0.2) is 52.7 Å². The number of alkyl halides is 2. The normalized spacial score (nSPS) is 11.5. The number of benzene rings is 2. The summed E-state index contributed by atoms with van der Waals surface area (Å²) in [6, 6.07) is 9.59. The molecule has 0 bridgehead atoms. The Hall–Kier alpha value is -2.88. The van der Waals surface area contributed by atoms with E-state index in [1.807, 2.05) is 0 Å². The van der Waals surface area contributed by atoms with E-state index in [1.165, 1.54) is 13.2 Å². The number of methoxy groups -OCH3 is 1. The van der Waals surface area contributed by atoms with Gasteiger partial charge in [0.05, 0.1) is 13.3 Å². The van der Waals surface area contributed by atoms with E-state index in [0.717, 1.165) is 17.0 Å². The van der Waals surface area contributed by atoms with Gasteiger partial charge in [0.1, 0.15) is 17.4 Å². The molecule has 0 spiro atoms. The summed E-state index contributed by atoms with van der Waals surface area (Å²) in [6.07, 6.45) is 1.08. The Labute approximate surface area is 155 Å². The second kappa shape index (κ2) is 8.21. The lowest BCUT2D eigenvalue weighted by Crippen LogP contribution is -1.99. The third kappa shape index (κ3) is 4.45. The van der Waals surface area contributed by atoms with Gasteiger partial charge < -0.3 is 4.74 Å². The van der Waals surface area contributed by atoms with Gasteiger partial charge in [0.15, 0.2) is 5.82 Å². The molecule has 0 aliphatic heterocycles. The summed E-state index contributed by atoms with van der Waals surface area (Å²) in [6.45, 7) is 0. The minimum atomic E-state index is -2.74. The van der Waals surface area contributed by atoms with Crippen molar-refractivity contribution in [2.24, 2.45) is 5.10 Å². The van der Waals surface area contributed by atoms with Gasteiger partial charge >= 0.3 is 0 Å². The van der Waals surface area contributed by atoms with Gasteiger partial charge in [-0.15, -0.1) is 10.2 Å². The van der Waals surface area contributed by atoms with Crippen LogP contribution in [0.1, 0.15) is 5.56 Å². The lowest BCUT2D eigenvalue weighted by atomic mass is 10.2. The van der Waals surface area contributed by atoms with Crippen LogP contribution in [0.25, 0.3) is 11.4 Å². The first-order valence-electron chi connectivity index (χ1n) is 7.52. The van der Waals surface area contributed by atoms with E-state index in [1.54, 1.807) is 24.3 Å². The molecule has 0 radical (unpaired) electrons. The molecule has 140 valence electrons. The maximum atomic E-state index is 13.8. The summed E-state index contributed by atoms with van der Waals surface area (Å²) in [5, 5.41) is 11.5. The van der Waals surface area contributed by atoms with E-state index in [-0.39, 0.29) is 28.3 Å². The highest BCUT2D eigenvalue weighted by atomic mass is 32.2. The molecule has 2 aromatic carbocycles. The van der Waals surface area contributed by atoms with Crippen molar-refractivity contribution in [3.63, 3.8) is 0 Å². The highest BCUT2D eigenvalue weighted by molar-refractivity contribution is 7.99. The molecule has 0 N–H and O–H groups in total. The molecule has 1 heterocycles. The molecule has 0 atom stereocenters. The van der Waals surface area contributed by atoms with Crippen molar-refractivity contribution in [2.45, 2.75) is 10.9 Å². The maximum absolute atomic E-state index is 13.8. The summed E-state index contributed by atoms with van der Waals surface area (Å²) >= 11 is 0.154. The molecule has 0 aliphatic rings. The first-order valence-corrected chi connectivity index (χ1v) is 8.40. The summed E-state index contributed by atoms with van der Waals surface area (Å²) in [5.41, 5.74) is 0.528. The van der Waals surface area contributed by atoms with Gasteiger partial charge in [0.2, 0.25) is 5.16 Å². The first-order chi connectivity index (χ1) is 13.0. The molecule has 0 saturated carbocycles. The van der Waals surface area contributed by atoms with Gasteiger partial charge in [-0.25, -0.2) is 8.78 Å². The number of nitrogens with zero attached hydrogens (tertiary/aromatic N) is 4. The first kappa shape index (κ1) is 18.9. The third-order valence-electron chi connectivity index (χ3n) is 3.43. The molecule has 0 saturated heterocycles. The van der Waals surface area contributed by atoms with E-state index in [0.29, 0.717) is 17.4 Å². The Morgan fingerprint density at radius 2 is 1.85 bits per heavy atom. The van der Waals surface area contributed by atoms with E-state index >= 15 is 0 Å². The summed E-state index contributed by atoms with van der Waals surface area (Å²) in [5.74, 6) is -3.53. The summed E-state index contributed by atoms with van der Waals surface area (Å²) in [7, 11) is 1.51. The van der Waals surface area contributed by atoms with Crippen LogP contribution in [0.2, 0.25) is 0 Å². The van der Waals surface area contributed by atoms with Crippen molar-refractivity contribution in [3.05, 3.63) is 59.7 Å². The Balaban J connectivity index is 2.02. The molecule has 0 amide bonds. The maximum Gasteiger partial charge on any atom is 0.291 e. The van der Waals surface area contributed by atoms with Gasteiger partial charge in [-0.2, -0.15) is 18.6 Å². The summed E-state index contributed by atoms with van der Waals surface area (Å²) in [4.78, 5) is 0. The zero-order valence-corrected chi connectivity index (χ0v) is 14.6. The van der Waals surface area contributed by atoms with Crippen molar-refractivity contribution in [1.29, 1.82) is 0 Å². The van der Waals surface area contributed by atoms with Gasteiger partial charge in [-0.3, -0.25) is 0 Å². The molecule has 1 aromatic heterocycles. The smallest absolute Gasteiger partial charge is 0.291 e. The fourth-order valence-corrected chi connectivity index (χ4v) is 2.65. The van der Waals surface area contributed by atoms with Crippen LogP contribution in [0.4, 0.5) is 17.6 Å². The zero-order chi connectivity index (χ0) is 19.4. The minimum absolute atomic E-state index is 0.0150. The number of thioether (sulfide) groups is 1. The van der Waals surface area contributed by atoms with Crippen LogP contribution in [0, 0.1) is 11.6 Å². The lowest BCUT2D eigenvalue weighted by molar-refractivity contribution is 0.251. The molecule has 0 unspecified atom stereocenters. The predicted octanol–water partition coefficient (Wildman–Crippen LogP) is 4.43. The van der Waals surface area contributed by atoms with E-state index in [9.17, 15) is 17.6 Å². The molecule has 0 fully saturated rings. The number of hydrogen-bond donors (Lipinski definition) is 0. The molecular weight excluding hydrogens is 384 g/mol. The van der Waals surface area contributed by atoms with Crippen molar-refractivity contribution in [2.75, 3.05) is 7.11 Å². The predicted molar refractivity (Wildman–Crippen MR) is 93.2 cm³/mol. The average Bonchev–Trinajstić information content (AvgIpc) is 3.03. The third-order valence-corrected chi connectivity index (χ3v) is 4.07. The van der Waals surface area contributed by atoms with Gasteiger partial charge in [-0.1, -0.05) is 0 Å². The molecule has 3 rings (SSSR count). The Kier molecular flexibility index (Phi) is 5.75.